The second kappa shape index (κ2) is 8.64. The summed E-state index contributed by atoms with van der Waals surface area (Å²) in [6.07, 6.45) is 0.692. The van der Waals surface area contributed by atoms with E-state index in [9.17, 15) is 9.59 Å². The zero-order valence-electron chi connectivity index (χ0n) is 14.2. The van der Waals surface area contributed by atoms with Crippen LogP contribution in [0.4, 0.5) is 5.69 Å². The van der Waals surface area contributed by atoms with Crippen molar-refractivity contribution in [2.24, 2.45) is 0 Å². The molecule has 0 saturated carbocycles. The van der Waals surface area contributed by atoms with Gasteiger partial charge in [-0.3, -0.25) is 9.59 Å². The number of ether oxygens (including phenoxy) is 1. The molecule has 3 rings (SSSR count). The molecule has 0 aliphatic rings. The number of anilines is 1. The van der Waals surface area contributed by atoms with E-state index in [1.165, 1.54) is 14.6 Å². The number of methoxy groups -OCH3 is 1. The van der Waals surface area contributed by atoms with E-state index in [4.69, 9.17) is 4.74 Å². The van der Waals surface area contributed by atoms with Gasteiger partial charge in [-0.05, 0) is 54.3 Å². The summed E-state index contributed by atoms with van der Waals surface area (Å²) in [6, 6.07) is 15.1. The predicted molar refractivity (Wildman–Crippen MR) is 106 cm³/mol. The summed E-state index contributed by atoms with van der Waals surface area (Å²) in [5, 5.41) is 7.27. The monoisotopic (exact) mass is 386 g/mol. The highest BCUT2D eigenvalue weighted by Crippen LogP contribution is 2.31. The van der Waals surface area contributed by atoms with Crippen LogP contribution in [-0.2, 0) is 16.0 Å². The van der Waals surface area contributed by atoms with Gasteiger partial charge in [-0.15, -0.1) is 22.7 Å². The normalized spacial score (nSPS) is 10.3. The molecule has 2 amide bonds. The number of thiophene rings is 2. The van der Waals surface area contributed by atoms with Gasteiger partial charge in [-0.1, -0.05) is 6.07 Å². The number of nitrogens with one attached hydrogen (secondary N) is 2. The zero-order valence-corrected chi connectivity index (χ0v) is 15.8. The predicted octanol–water partition coefficient (Wildman–Crippen LogP) is 3.78. The summed E-state index contributed by atoms with van der Waals surface area (Å²) in [5.41, 5.74) is 0.546. The first-order valence-electron chi connectivity index (χ1n) is 8.01. The third kappa shape index (κ3) is 4.71. The first-order chi connectivity index (χ1) is 12.7. The second-order valence-electron chi connectivity index (χ2n) is 5.43. The van der Waals surface area contributed by atoms with Crippen LogP contribution in [0.5, 0.6) is 5.75 Å². The van der Waals surface area contributed by atoms with Crippen LogP contribution in [0.2, 0.25) is 0 Å². The van der Waals surface area contributed by atoms with Crippen LogP contribution in [0.25, 0.3) is 9.75 Å². The van der Waals surface area contributed by atoms with Gasteiger partial charge in [0.05, 0.1) is 7.11 Å². The standard InChI is InChI=1S/C19H18N2O3S2/c1-24-14-6-4-13(5-7-14)21-19(23)18(22)20-11-10-15-8-9-17(26-15)16-3-2-12-25-16/h2-9,12H,10-11H2,1H3,(H,20,22)(H,21,23). The van der Waals surface area contributed by atoms with Gasteiger partial charge in [0.2, 0.25) is 0 Å². The Kier molecular flexibility index (Phi) is 6.04. The Balaban J connectivity index is 1.45. The van der Waals surface area contributed by atoms with Crippen molar-refractivity contribution < 1.29 is 14.3 Å². The molecular weight excluding hydrogens is 368 g/mol. The van der Waals surface area contributed by atoms with Gasteiger partial charge in [0.15, 0.2) is 0 Å². The van der Waals surface area contributed by atoms with E-state index in [1.807, 2.05) is 6.07 Å². The van der Waals surface area contributed by atoms with Crippen LogP contribution in [-0.4, -0.2) is 25.5 Å². The maximum Gasteiger partial charge on any atom is 0.313 e. The van der Waals surface area contributed by atoms with Crippen LogP contribution < -0.4 is 15.4 Å². The molecule has 0 aliphatic carbocycles. The fourth-order valence-corrected chi connectivity index (χ4v) is 4.15. The van der Waals surface area contributed by atoms with Crippen molar-refractivity contribution in [2.45, 2.75) is 6.42 Å². The quantitative estimate of drug-likeness (QED) is 0.634. The lowest BCUT2D eigenvalue weighted by Gasteiger charge is -2.07. The molecule has 0 radical (unpaired) electrons. The minimum atomic E-state index is -0.680. The lowest BCUT2D eigenvalue weighted by molar-refractivity contribution is -0.136. The molecular formula is C19H18N2O3S2. The van der Waals surface area contributed by atoms with Gasteiger partial charge in [0.25, 0.3) is 0 Å². The van der Waals surface area contributed by atoms with Crippen molar-refractivity contribution in [3.05, 3.63) is 58.8 Å². The molecule has 134 valence electrons. The van der Waals surface area contributed by atoms with Crippen molar-refractivity contribution in [3.63, 3.8) is 0 Å². The third-order valence-electron chi connectivity index (χ3n) is 3.64. The van der Waals surface area contributed by atoms with E-state index in [2.05, 4.69) is 34.2 Å². The number of benzene rings is 1. The average molecular weight is 386 g/mol. The molecule has 2 heterocycles. The van der Waals surface area contributed by atoms with E-state index < -0.39 is 11.8 Å². The van der Waals surface area contributed by atoms with Crippen LogP contribution >= 0.6 is 22.7 Å². The Morgan fingerprint density at radius 1 is 1.00 bits per heavy atom. The molecule has 0 bridgehead atoms. The lowest BCUT2D eigenvalue weighted by atomic mass is 10.3. The molecule has 5 nitrogen and oxygen atoms in total. The molecule has 0 atom stereocenters. The largest absolute Gasteiger partial charge is 0.497 e. The van der Waals surface area contributed by atoms with Crippen molar-refractivity contribution in [2.75, 3.05) is 19.0 Å². The Labute approximate surface area is 159 Å². The molecule has 2 N–H and O–H groups in total. The van der Waals surface area contributed by atoms with Crippen LogP contribution in [0.3, 0.4) is 0 Å². The highest BCUT2D eigenvalue weighted by Gasteiger charge is 2.13. The van der Waals surface area contributed by atoms with Crippen LogP contribution in [0, 0.1) is 0 Å². The van der Waals surface area contributed by atoms with E-state index in [-0.39, 0.29) is 0 Å². The van der Waals surface area contributed by atoms with Crippen LogP contribution in [0.1, 0.15) is 4.88 Å². The van der Waals surface area contributed by atoms with Crippen molar-refractivity contribution in [3.8, 4) is 15.5 Å². The number of hydrogen-bond donors (Lipinski definition) is 2. The summed E-state index contributed by atoms with van der Waals surface area (Å²) in [4.78, 5) is 27.5. The average Bonchev–Trinajstić information content (AvgIpc) is 3.34. The summed E-state index contributed by atoms with van der Waals surface area (Å²) >= 11 is 3.41. The van der Waals surface area contributed by atoms with Crippen molar-refractivity contribution >= 4 is 40.2 Å². The molecule has 0 spiro atoms. The van der Waals surface area contributed by atoms with E-state index >= 15 is 0 Å². The van der Waals surface area contributed by atoms with Crippen LogP contribution in [0.15, 0.2) is 53.9 Å². The minimum Gasteiger partial charge on any atom is -0.497 e. The molecule has 0 unspecified atom stereocenters. The van der Waals surface area contributed by atoms with Gasteiger partial charge in [0.1, 0.15) is 5.75 Å². The number of carbonyl (C=O) groups excluding carboxylic acids is 2. The number of hydrogen-bond acceptors (Lipinski definition) is 5. The molecule has 26 heavy (non-hydrogen) atoms. The molecule has 3 aromatic rings. The van der Waals surface area contributed by atoms with E-state index in [0.29, 0.717) is 24.4 Å². The number of rotatable bonds is 6. The van der Waals surface area contributed by atoms with Gasteiger partial charge in [0, 0.05) is 26.9 Å². The molecule has 1 aromatic carbocycles. The summed E-state index contributed by atoms with van der Waals surface area (Å²) in [5.74, 6) is -0.637. The fraction of sp³-hybridized carbons (Fsp3) is 0.158. The second-order valence-corrected chi connectivity index (χ2v) is 7.55. The van der Waals surface area contributed by atoms with Gasteiger partial charge < -0.3 is 15.4 Å². The molecule has 0 saturated heterocycles. The molecule has 7 heteroatoms. The van der Waals surface area contributed by atoms with Crippen molar-refractivity contribution in [1.82, 2.24) is 5.32 Å². The highest BCUT2D eigenvalue weighted by atomic mass is 32.1. The molecule has 0 fully saturated rings. The summed E-state index contributed by atoms with van der Waals surface area (Å²) < 4.78 is 5.05. The number of carbonyl (C=O) groups is 2. The Hall–Kier alpha value is -2.64. The third-order valence-corrected chi connectivity index (χ3v) is 5.85. The van der Waals surface area contributed by atoms with E-state index in [1.54, 1.807) is 54.0 Å². The Morgan fingerprint density at radius 3 is 2.50 bits per heavy atom. The first kappa shape index (κ1) is 18.2. The number of amides is 2. The molecule has 2 aromatic heterocycles. The minimum absolute atomic E-state index is 0.416. The topological polar surface area (TPSA) is 67.4 Å². The SMILES string of the molecule is COc1ccc(NC(=O)C(=O)NCCc2ccc(-c3cccs3)s2)cc1. The van der Waals surface area contributed by atoms with E-state index in [0.717, 1.165) is 0 Å². The van der Waals surface area contributed by atoms with Gasteiger partial charge in [-0.25, -0.2) is 0 Å². The maximum atomic E-state index is 11.9. The van der Waals surface area contributed by atoms with Gasteiger partial charge in [-0.2, -0.15) is 0 Å². The first-order valence-corrected chi connectivity index (χ1v) is 9.71. The smallest absolute Gasteiger partial charge is 0.313 e. The fourth-order valence-electron chi connectivity index (χ4n) is 2.31. The summed E-state index contributed by atoms with van der Waals surface area (Å²) in [6.45, 7) is 0.416. The van der Waals surface area contributed by atoms with Gasteiger partial charge >= 0.3 is 11.8 Å². The van der Waals surface area contributed by atoms with Crippen molar-refractivity contribution in [1.29, 1.82) is 0 Å². The lowest BCUT2D eigenvalue weighted by Crippen LogP contribution is -2.36. The highest BCUT2D eigenvalue weighted by molar-refractivity contribution is 7.21. The molecule has 0 aliphatic heterocycles. The Morgan fingerprint density at radius 2 is 1.81 bits per heavy atom. The Bertz CT molecular complexity index is 871. The maximum absolute atomic E-state index is 11.9. The zero-order chi connectivity index (χ0) is 18.4. The summed E-state index contributed by atoms with van der Waals surface area (Å²) in [7, 11) is 1.57.